The third-order valence-electron chi connectivity index (χ3n) is 3.86. The van der Waals surface area contributed by atoms with E-state index in [-0.39, 0.29) is 0 Å². The maximum Gasteiger partial charge on any atom is -0.00989 e. The number of rotatable bonds is 0. The zero-order valence-corrected chi connectivity index (χ0v) is 10.9. The minimum atomic E-state index is 1.31. The Labute approximate surface area is 112 Å². The minimum Gasteiger partial charge on any atom is -0.0616 e. The van der Waals surface area contributed by atoms with Crippen LogP contribution in [0.5, 0.6) is 0 Å². The van der Waals surface area contributed by atoms with Gasteiger partial charge in [-0.05, 0) is 51.4 Å². The highest BCUT2D eigenvalue weighted by molar-refractivity contribution is 6.12. The van der Waals surface area contributed by atoms with Crippen LogP contribution in [0.3, 0.4) is 0 Å². The van der Waals surface area contributed by atoms with Crippen molar-refractivity contribution in [3.63, 3.8) is 0 Å². The average molecular weight is 242 g/mol. The van der Waals surface area contributed by atoms with E-state index in [2.05, 4.69) is 73.7 Å². The van der Waals surface area contributed by atoms with Crippen LogP contribution in [0.4, 0.5) is 0 Å². The van der Waals surface area contributed by atoms with Gasteiger partial charge in [0.25, 0.3) is 0 Å². The first-order chi connectivity index (χ1) is 9.31. The summed E-state index contributed by atoms with van der Waals surface area (Å²) in [5.74, 6) is 0. The number of hydrogen-bond donors (Lipinski definition) is 0. The molecule has 0 aliphatic carbocycles. The summed E-state index contributed by atoms with van der Waals surface area (Å²) in [5, 5.41) is 7.94. The smallest absolute Gasteiger partial charge is 0.00989 e. The van der Waals surface area contributed by atoms with Crippen LogP contribution in [0.2, 0.25) is 0 Å². The van der Waals surface area contributed by atoms with E-state index in [1.807, 2.05) is 0 Å². The van der Waals surface area contributed by atoms with Crippen molar-refractivity contribution in [3.8, 4) is 0 Å². The van der Waals surface area contributed by atoms with Crippen molar-refractivity contribution in [3.05, 3.63) is 72.3 Å². The summed E-state index contributed by atoms with van der Waals surface area (Å²) in [6, 6.07) is 24.3. The van der Waals surface area contributed by atoms with Crippen molar-refractivity contribution < 1.29 is 0 Å². The lowest BCUT2D eigenvalue weighted by atomic mass is 9.97. The molecule has 0 aromatic heterocycles. The van der Waals surface area contributed by atoms with Crippen LogP contribution in [0.15, 0.2) is 66.7 Å². The van der Waals surface area contributed by atoms with Gasteiger partial charge in [-0.2, -0.15) is 0 Å². The van der Waals surface area contributed by atoms with Gasteiger partial charge in [0.15, 0.2) is 0 Å². The molecule has 90 valence electrons. The SMILES string of the molecule is Cc1ccc2ccc3cc4ccccc4cc3c2c1. The highest BCUT2D eigenvalue weighted by atomic mass is 14.1. The Morgan fingerprint density at radius 1 is 0.526 bits per heavy atom. The summed E-state index contributed by atoms with van der Waals surface area (Å²) in [7, 11) is 0. The molecule has 0 atom stereocenters. The predicted octanol–water partition coefficient (Wildman–Crippen LogP) is 5.45. The lowest BCUT2D eigenvalue weighted by Gasteiger charge is -2.07. The van der Waals surface area contributed by atoms with Crippen LogP contribution < -0.4 is 0 Å². The molecule has 0 saturated heterocycles. The zero-order valence-electron chi connectivity index (χ0n) is 10.9. The molecule has 4 aromatic carbocycles. The summed E-state index contributed by atoms with van der Waals surface area (Å²) in [5.41, 5.74) is 1.31. The first-order valence-electron chi connectivity index (χ1n) is 6.63. The van der Waals surface area contributed by atoms with Gasteiger partial charge in [0.05, 0.1) is 0 Å². The Hall–Kier alpha value is -2.34. The van der Waals surface area contributed by atoms with Crippen LogP contribution in [0.1, 0.15) is 5.56 Å². The maximum atomic E-state index is 2.31. The average Bonchev–Trinajstić information content (AvgIpc) is 2.45. The Bertz CT molecular complexity index is 917. The second-order valence-corrected chi connectivity index (χ2v) is 5.21. The molecule has 0 amide bonds. The fourth-order valence-electron chi connectivity index (χ4n) is 2.86. The molecule has 0 unspecified atom stereocenters. The molecule has 4 aromatic rings. The van der Waals surface area contributed by atoms with E-state index in [9.17, 15) is 0 Å². The summed E-state index contributed by atoms with van der Waals surface area (Å²) in [6.07, 6.45) is 0. The van der Waals surface area contributed by atoms with E-state index in [1.165, 1.54) is 37.9 Å². The number of hydrogen-bond acceptors (Lipinski definition) is 0. The van der Waals surface area contributed by atoms with Crippen molar-refractivity contribution in [2.45, 2.75) is 6.92 Å². The predicted molar refractivity (Wildman–Crippen MR) is 83.7 cm³/mol. The van der Waals surface area contributed by atoms with E-state index < -0.39 is 0 Å². The van der Waals surface area contributed by atoms with Crippen molar-refractivity contribution in [1.82, 2.24) is 0 Å². The molecular weight excluding hydrogens is 228 g/mol. The first-order valence-corrected chi connectivity index (χ1v) is 6.63. The molecule has 0 saturated carbocycles. The largest absolute Gasteiger partial charge is 0.0616 e. The molecule has 0 aliphatic heterocycles. The highest BCUT2D eigenvalue weighted by Gasteiger charge is 2.02. The Morgan fingerprint density at radius 3 is 2.00 bits per heavy atom. The topological polar surface area (TPSA) is 0 Å². The minimum absolute atomic E-state index is 1.31. The molecule has 0 aliphatic rings. The summed E-state index contributed by atoms with van der Waals surface area (Å²) in [6.45, 7) is 2.15. The third kappa shape index (κ3) is 1.61. The van der Waals surface area contributed by atoms with Gasteiger partial charge in [0, 0.05) is 0 Å². The fourth-order valence-corrected chi connectivity index (χ4v) is 2.86. The van der Waals surface area contributed by atoms with Crippen LogP contribution >= 0.6 is 0 Å². The van der Waals surface area contributed by atoms with E-state index in [4.69, 9.17) is 0 Å². The molecule has 0 nitrogen and oxygen atoms in total. The normalized spacial score (nSPS) is 11.4. The van der Waals surface area contributed by atoms with Crippen molar-refractivity contribution in [1.29, 1.82) is 0 Å². The molecule has 0 heterocycles. The molecule has 0 spiro atoms. The van der Waals surface area contributed by atoms with Gasteiger partial charge in [0.1, 0.15) is 0 Å². The van der Waals surface area contributed by atoms with Crippen LogP contribution in [0, 0.1) is 6.92 Å². The zero-order chi connectivity index (χ0) is 12.8. The number of aryl methyl sites for hydroxylation is 1. The van der Waals surface area contributed by atoms with Gasteiger partial charge < -0.3 is 0 Å². The van der Waals surface area contributed by atoms with Gasteiger partial charge in [0.2, 0.25) is 0 Å². The van der Waals surface area contributed by atoms with Crippen molar-refractivity contribution in [2.75, 3.05) is 0 Å². The lowest BCUT2D eigenvalue weighted by Crippen LogP contribution is -1.81. The standard InChI is InChI=1S/C19H14/c1-13-6-7-14-8-9-17-11-15-4-2-3-5-16(15)12-19(17)18(14)10-13/h2-12H,1H3. The third-order valence-corrected chi connectivity index (χ3v) is 3.86. The van der Waals surface area contributed by atoms with Crippen molar-refractivity contribution >= 4 is 32.3 Å². The molecule has 0 bridgehead atoms. The molecule has 19 heavy (non-hydrogen) atoms. The fraction of sp³-hybridized carbons (Fsp3) is 0.0526. The van der Waals surface area contributed by atoms with Gasteiger partial charge in [-0.15, -0.1) is 0 Å². The Morgan fingerprint density at radius 2 is 1.16 bits per heavy atom. The Balaban J connectivity index is 2.25. The lowest BCUT2D eigenvalue weighted by molar-refractivity contribution is 1.51. The van der Waals surface area contributed by atoms with Crippen LogP contribution in [-0.4, -0.2) is 0 Å². The first kappa shape index (κ1) is 10.6. The molecule has 0 fully saturated rings. The van der Waals surface area contributed by atoms with Gasteiger partial charge in [-0.3, -0.25) is 0 Å². The quantitative estimate of drug-likeness (QED) is 0.284. The van der Waals surface area contributed by atoms with Crippen molar-refractivity contribution in [2.24, 2.45) is 0 Å². The number of fused-ring (bicyclic) bond motifs is 4. The van der Waals surface area contributed by atoms with E-state index in [0.29, 0.717) is 0 Å². The van der Waals surface area contributed by atoms with Gasteiger partial charge in [-0.1, -0.05) is 60.2 Å². The molecule has 0 N–H and O–H groups in total. The van der Waals surface area contributed by atoms with Crippen LogP contribution in [-0.2, 0) is 0 Å². The molecule has 4 rings (SSSR count). The van der Waals surface area contributed by atoms with Gasteiger partial charge >= 0.3 is 0 Å². The second kappa shape index (κ2) is 3.83. The number of benzene rings is 4. The van der Waals surface area contributed by atoms with E-state index >= 15 is 0 Å². The second-order valence-electron chi connectivity index (χ2n) is 5.21. The highest BCUT2D eigenvalue weighted by Crippen LogP contribution is 2.29. The molecule has 0 heteroatoms. The van der Waals surface area contributed by atoms with Gasteiger partial charge in [-0.25, -0.2) is 0 Å². The summed E-state index contributed by atoms with van der Waals surface area (Å²) < 4.78 is 0. The maximum absolute atomic E-state index is 2.31. The monoisotopic (exact) mass is 242 g/mol. The summed E-state index contributed by atoms with van der Waals surface area (Å²) in [4.78, 5) is 0. The summed E-state index contributed by atoms with van der Waals surface area (Å²) >= 11 is 0. The molecular formula is C19H14. The Kier molecular flexibility index (Phi) is 2.13. The molecule has 0 radical (unpaired) electrons. The van der Waals surface area contributed by atoms with Crippen LogP contribution in [0.25, 0.3) is 32.3 Å². The van der Waals surface area contributed by atoms with E-state index in [0.717, 1.165) is 0 Å². The van der Waals surface area contributed by atoms with E-state index in [1.54, 1.807) is 0 Å².